The molecule has 3 N–H and O–H groups in total. The van der Waals surface area contributed by atoms with Crippen LogP contribution in [-0.2, 0) is 10.1 Å². The van der Waals surface area contributed by atoms with E-state index < -0.39 is 10.1 Å². The molecule has 0 fully saturated rings. The molecule has 0 bridgehead atoms. The molecule has 8 heteroatoms. The second kappa shape index (κ2) is 4.31. The molecular formula is C8H10N4O3S. The molecule has 1 aromatic carbocycles. The minimum Gasteiger partial charge on any atom is -0.498 e. The summed E-state index contributed by atoms with van der Waals surface area (Å²) in [5.74, 6) is 0. The maximum absolute atomic E-state index is 11.0. The molecule has 1 rings (SSSR count). The van der Waals surface area contributed by atoms with Crippen molar-refractivity contribution in [3.05, 3.63) is 23.7 Å². The van der Waals surface area contributed by atoms with E-state index in [2.05, 4.69) is 4.79 Å². The fourth-order valence-corrected chi connectivity index (χ4v) is 1.75. The molecule has 0 saturated heterocycles. The van der Waals surface area contributed by atoms with E-state index in [0.717, 1.165) is 6.34 Å². The zero-order chi connectivity index (χ0) is 12.3. The second-order valence-corrected chi connectivity index (χ2v) is 4.43. The van der Waals surface area contributed by atoms with Gasteiger partial charge in [0.2, 0.25) is 0 Å². The van der Waals surface area contributed by atoms with Crippen molar-refractivity contribution < 1.29 is 17.8 Å². The number of hydrogen-bond acceptors (Lipinski definition) is 3. The second-order valence-electron chi connectivity index (χ2n) is 3.04. The van der Waals surface area contributed by atoms with Crippen molar-refractivity contribution >= 4 is 27.8 Å². The van der Waals surface area contributed by atoms with Crippen LogP contribution in [-0.4, -0.2) is 31.1 Å². The van der Waals surface area contributed by atoms with Crippen molar-refractivity contribution in [3.8, 4) is 0 Å². The first kappa shape index (κ1) is 12.2. The molecule has 16 heavy (non-hydrogen) atoms. The van der Waals surface area contributed by atoms with E-state index in [-0.39, 0.29) is 10.6 Å². The molecule has 0 unspecified atom stereocenters. The Labute approximate surface area is 92.5 Å². The van der Waals surface area contributed by atoms with Gasteiger partial charge in [0.05, 0.1) is 12.7 Å². The molecular weight excluding hydrogens is 232 g/mol. The lowest BCUT2D eigenvalue weighted by Gasteiger charge is -2.07. The van der Waals surface area contributed by atoms with Crippen LogP contribution in [0.5, 0.6) is 0 Å². The molecule has 0 radical (unpaired) electrons. The summed E-state index contributed by atoms with van der Waals surface area (Å²) in [6.45, 7) is 0. The molecule has 86 valence electrons. The number of nitrogens with two attached hydrogens (primary N) is 1. The minimum atomic E-state index is -4.36. The first-order valence-corrected chi connectivity index (χ1v) is 5.57. The molecule has 0 amide bonds. The summed E-state index contributed by atoms with van der Waals surface area (Å²) in [5, 5.41) is 0. The molecule has 0 aliphatic carbocycles. The highest BCUT2D eigenvalue weighted by Crippen LogP contribution is 2.23. The highest BCUT2D eigenvalue weighted by Gasteiger charge is 2.17. The van der Waals surface area contributed by atoms with Crippen molar-refractivity contribution in [2.75, 3.05) is 17.7 Å². The quantitative estimate of drug-likeness (QED) is 0.196. The van der Waals surface area contributed by atoms with Gasteiger partial charge in [-0.05, 0) is 12.1 Å². The van der Waals surface area contributed by atoms with Crippen molar-refractivity contribution in [2.45, 2.75) is 4.90 Å². The third kappa shape index (κ3) is 2.57. The van der Waals surface area contributed by atoms with Crippen LogP contribution in [0.1, 0.15) is 0 Å². The van der Waals surface area contributed by atoms with Crippen LogP contribution in [0.25, 0.3) is 5.53 Å². The SMILES string of the molecule is CN(C=[N+]=[N-])c1ccc(N)c(S(=O)(=O)O)c1. The van der Waals surface area contributed by atoms with E-state index >= 15 is 0 Å². The van der Waals surface area contributed by atoms with E-state index in [1.165, 1.54) is 23.1 Å². The van der Waals surface area contributed by atoms with Crippen molar-refractivity contribution in [2.24, 2.45) is 0 Å². The van der Waals surface area contributed by atoms with E-state index in [9.17, 15) is 8.42 Å². The minimum absolute atomic E-state index is 0.0550. The lowest BCUT2D eigenvalue weighted by Crippen LogP contribution is -2.15. The van der Waals surface area contributed by atoms with Gasteiger partial charge >= 0.3 is 6.34 Å². The van der Waals surface area contributed by atoms with Gasteiger partial charge in [-0.25, -0.2) is 4.90 Å². The van der Waals surface area contributed by atoms with Gasteiger partial charge in [-0.15, -0.1) is 0 Å². The Balaban J connectivity index is 3.33. The monoisotopic (exact) mass is 242 g/mol. The summed E-state index contributed by atoms with van der Waals surface area (Å²) >= 11 is 0. The first-order valence-electron chi connectivity index (χ1n) is 4.13. The summed E-state index contributed by atoms with van der Waals surface area (Å²) < 4.78 is 30.8. The zero-order valence-electron chi connectivity index (χ0n) is 8.40. The molecule has 0 spiro atoms. The van der Waals surface area contributed by atoms with Gasteiger partial charge in [0.1, 0.15) is 10.6 Å². The van der Waals surface area contributed by atoms with Gasteiger partial charge in [0.25, 0.3) is 10.1 Å². The topological polar surface area (TPSA) is 120 Å². The number of anilines is 2. The van der Waals surface area contributed by atoms with E-state index in [0.29, 0.717) is 5.69 Å². The molecule has 0 aliphatic heterocycles. The Morgan fingerprint density at radius 2 is 2.19 bits per heavy atom. The Morgan fingerprint density at radius 1 is 1.56 bits per heavy atom. The third-order valence-electron chi connectivity index (χ3n) is 1.91. The Kier molecular flexibility index (Phi) is 3.28. The van der Waals surface area contributed by atoms with Crippen LogP contribution in [0.15, 0.2) is 23.1 Å². The first-order chi connectivity index (χ1) is 7.36. The highest BCUT2D eigenvalue weighted by molar-refractivity contribution is 7.86. The van der Waals surface area contributed by atoms with E-state index in [1.807, 2.05) is 0 Å². The van der Waals surface area contributed by atoms with Crippen LogP contribution < -0.4 is 10.6 Å². The maximum Gasteiger partial charge on any atom is 0.321 e. The van der Waals surface area contributed by atoms with Gasteiger partial charge in [0.15, 0.2) is 0 Å². The van der Waals surface area contributed by atoms with Gasteiger partial charge in [-0.2, -0.15) is 8.42 Å². The van der Waals surface area contributed by atoms with Gasteiger partial charge in [-0.3, -0.25) is 4.55 Å². The molecule has 0 aromatic heterocycles. The largest absolute Gasteiger partial charge is 0.498 e. The van der Waals surface area contributed by atoms with Gasteiger partial charge in [-0.1, -0.05) is 0 Å². The van der Waals surface area contributed by atoms with E-state index in [1.54, 1.807) is 7.05 Å². The summed E-state index contributed by atoms with van der Waals surface area (Å²) in [4.78, 5) is 3.75. The summed E-state index contributed by atoms with van der Waals surface area (Å²) in [6.07, 6.45) is 1.07. The van der Waals surface area contributed by atoms with Crippen LogP contribution in [0.2, 0.25) is 0 Å². The fourth-order valence-electron chi connectivity index (χ4n) is 1.11. The number of nitrogens with zero attached hydrogens (tertiary/aromatic N) is 3. The molecule has 0 aliphatic rings. The third-order valence-corrected chi connectivity index (χ3v) is 2.82. The molecule has 0 atom stereocenters. The average Bonchev–Trinajstić information content (AvgIpc) is 2.16. The summed E-state index contributed by atoms with van der Waals surface area (Å²) in [5.41, 5.74) is 14.1. The van der Waals surface area contributed by atoms with Crippen molar-refractivity contribution in [3.63, 3.8) is 0 Å². The number of rotatable bonds is 3. The Bertz CT molecular complexity index is 548. The molecule has 7 nitrogen and oxygen atoms in total. The van der Waals surface area contributed by atoms with Gasteiger partial charge < -0.3 is 16.1 Å². The predicted molar refractivity (Wildman–Crippen MR) is 58.8 cm³/mol. The standard InChI is InChI=1S/C8H10N4O3S/c1-12(5-11-10)6-2-3-7(9)8(4-6)16(13,14)15/h2-5H,9H2,1H3,(H,13,14,15). The van der Waals surface area contributed by atoms with E-state index in [4.69, 9.17) is 15.8 Å². The summed E-state index contributed by atoms with van der Waals surface area (Å²) in [6, 6.07) is 4.03. The highest BCUT2D eigenvalue weighted by atomic mass is 32.2. The number of hydrogen-bond donors (Lipinski definition) is 2. The Morgan fingerprint density at radius 3 is 2.69 bits per heavy atom. The fraction of sp³-hybridized carbons (Fsp3) is 0.125. The molecule has 1 aromatic rings. The van der Waals surface area contributed by atoms with Crippen LogP contribution in [0, 0.1) is 0 Å². The predicted octanol–water partition coefficient (Wildman–Crippen LogP) is 0.210. The smallest absolute Gasteiger partial charge is 0.321 e. The normalized spacial score (nSPS) is 10.6. The van der Waals surface area contributed by atoms with Crippen molar-refractivity contribution in [1.29, 1.82) is 0 Å². The van der Waals surface area contributed by atoms with Crippen LogP contribution in [0.3, 0.4) is 0 Å². The average molecular weight is 242 g/mol. The maximum atomic E-state index is 11.0. The number of benzene rings is 1. The molecule has 0 heterocycles. The van der Waals surface area contributed by atoms with Crippen LogP contribution >= 0.6 is 0 Å². The molecule has 0 saturated carbocycles. The van der Waals surface area contributed by atoms with Gasteiger partial charge in [0, 0.05) is 6.07 Å². The number of nitrogen functional groups attached to an aromatic ring is 1. The lowest BCUT2D eigenvalue weighted by molar-refractivity contribution is 0.00162. The Hall–Kier alpha value is -1.89. The zero-order valence-corrected chi connectivity index (χ0v) is 9.22. The lowest BCUT2D eigenvalue weighted by atomic mass is 10.3. The summed E-state index contributed by atoms with van der Waals surface area (Å²) in [7, 11) is -2.82. The van der Waals surface area contributed by atoms with Crippen LogP contribution in [0.4, 0.5) is 11.4 Å². The van der Waals surface area contributed by atoms with Crippen molar-refractivity contribution in [1.82, 2.24) is 0 Å².